The molecule has 0 aliphatic carbocycles. The number of benzene rings is 2. The molecule has 2 aromatic carbocycles. The summed E-state index contributed by atoms with van der Waals surface area (Å²) in [5.74, 6) is 1.17. The molecule has 0 bridgehead atoms. The number of phenols is 1. The molecule has 2 N–H and O–H groups in total. The van der Waals surface area contributed by atoms with Gasteiger partial charge in [0, 0.05) is 5.56 Å². The second-order valence-electron chi connectivity index (χ2n) is 5.45. The molecule has 0 atom stereocenters. The van der Waals surface area contributed by atoms with Crippen LogP contribution in [0.4, 0.5) is 5.95 Å². The van der Waals surface area contributed by atoms with Gasteiger partial charge >= 0.3 is 5.95 Å². The van der Waals surface area contributed by atoms with E-state index in [0.717, 1.165) is 30.1 Å². The van der Waals surface area contributed by atoms with E-state index in [1.807, 2.05) is 22.8 Å². The largest absolute Gasteiger partial charge is 0.508 e. The number of aromatic nitrogens is 2. The van der Waals surface area contributed by atoms with E-state index in [1.165, 1.54) is 0 Å². The molecule has 1 aromatic heterocycles. The van der Waals surface area contributed by atoms with E-state index < -0.39 is 0 Å². The molecular weight excluding hydrogens is 278 g/mol. The number of hydrogen-bond donors (Lipinski definition) is 2. The lowest BCUT2D eigenvalue weighted by molar-refractivity contribution is -0.644. The topological polar surface area (TPSA) is 58.1 Å². The quantitative estimate of drug-likeness (QED) is 0.573. The molecule has 5 heteroatoms. The summed E-state index contributed by atoms with van der Waals surface area (Å²) in [6.07, 6.45) is 0. The predicted molar refractivity (Wildman–Crippen MR) is 83.1 cm³/mol. The lowest BCUT2D eigenvalue weighted by Crippen LogP contribution is -2.29. The van der Waals surface area contributed by atoms with Crippen LogP contribution in [-0.2, 0) is 13.1 Å². The minimum Gasteiger partial charge on any atom is -0.508 e. The Labute approximate surface area is 127 Å². The molecule has 3 aromatic rings. The van der Waals surface area contributed by atoms with Crippen molar-refractivity contribution in [3.05, 3.63) is 54.1 Å². The van der Waals surface area contributed by atoms with Crippen molar-refractivity contribution in [1.29, 1.82) is 0 Å². The summed E-state index contributed by atoms with van der Waals surface area (Å²) < 4.78 is 4.23. The lowest BCUT2D eigenvalue weighted by Gasteiger charge is -2.03. The van der Waals surface area contributed by atoms with Crippen molar-refractivity contribution in [2.45, 2.75) is 13.1 Å². The first-order valence-corrected chi connectivity index (χ1v) is 7.31. The Morgan fingerprint density at radius 1 is 1.18 bits per heavy atom. The van der Waals surface area contributed by atoms with Crippen LogP contribution in [0.2, 0.25) is 0 Å². The average molecular weight is 294 g/mol. The van der Waals surface area contributed by atoms with Crippen molar-refractivity contribution in [2.75, 3.05) is 11.9 Å². The van der Waals surface area contributed by atoms with Crippen LogP contribution in [0.5, 0.6) is 5.75 Å². The van der Waals surface area contributed by atoms with Crippen LogP contribution < -0.4 is 9.88 Å². The maximum Gasteiger partial charge on any atom is 0.359 e. The summed E-state index contributed by atoms with van der Waals surface area (Å²) in [6.45, 7) is 2.07. The molecule has 0 amide bonds. The number of phenolic OH excluding ortho intramolecular Hbond substituents is 1. The summed E-state index contributed by atoms with van der Waals surface area (Å²) in [5, 5.41) is 12.7. The number of rotatable bonds is 3. The maximum absolute atomic E-state index is 12.5. The van der Waals surface area contributed by atoms with Gasteiger partial charge in [0.2, 0.25) is 0 Å². The Hall–Kier alpha value is -2.82. The molecule has 2 heterocycles. The fraction of sp³-hybridized carbons (Fsp3) is 0.176. The standard InChI is InChI=1S/C17H15N3O2/c21-13-7-5-12(6-8-13)16(22)11-20-15-4-2-1-3-14(15)19-10-9-18-17(19)20/h1-8H,9-11H2,(H,21,22)/p+1. The molecule has 110 valence electrons. The Morgan fingerprint density at radius 3 is 2.77 bits per heavy atom. The van der Waals surface area contributed by atoms with Crippen LogP contribution in [-0.4, -0.2) is 22.0 Å². The number of carbonyl (C=O) groups is 1. The summed E-state index contributed by atoms with van der Waals surface area (Å²) in [6, 6.07) is 14.5. The van der Waals surface area contributed by atoms with Crippen molar-refractivity contribution in [3.63, 3.8) is 0 Å². The average Bonchev–Trinajstić information content (AvgIpc) is 3.11. The Morgan fingerprint density at radius 2 is 1.95 bits per heavy atom. The van der Waals surface area contributed by atoms with Gasteiger partial charge in [-0.15, -0.1) is 0 Å². The number of para-hydroxylation sites is 2. The van der Waals surface area contributed by atoms with Crippen molar-refractivity contribution in [3.8, 4) is 5.75 Å². The van der Waals surface area contributed by atoms with E-state index in [2.05, 4.69) is 16.0 Å². The number of anilines is 1. The van der Waals surface area contributed by atoms with Gasteiger partial charge < -0.3 is 5.11 Å². The number of carbonyl (C=O) groups excluding carboxylic acids is 1. The van der Waals surface area contributed by atoms with Crippen LogP contribution in [0, 0.1) is 0 Å². The minimum atomic E-state index is 0.0258. The molecule has 22 heavy (non-hydrogen) atoms. The minimum absolute atomic E-state index is 0.0258. The molecular formula is C17H16N3O2+. The second kappa shape index (κ2) is 4.87. The highest BCUT2D eigenvalue weighted by Gasteiger charge is 2.28. The van der Waals surface area contributed by atoms with Gasteiger partial charge in [-0.3, -0.25) is 10.1 Å². The Balaban J connectivity index is 1.75. The van der Waals surface area contributed by atoms with E-state index in [4.69, 9.17) is 0 Å². The molecule has 0 unspecified atom stereocenters. The number of fused-ring (bicyclic) bond motifs is 3. The Kier molecular flexibility index (Phi) is 2.85. The molecule has 0 radical (unpaired) electrons. The van der Waals surface area contributed by atoms with Gasteiger partial charge in [-0.05, 0) is 36.4 Å². The van der Waals surface area contributed by atoms with Gasteiger partial charge in [-0.1, -0.05) is 12.1 Å². The van der Waals surface area contributed by atoms with Gasteiger partial charge in [0.1, 0.15) is 29.9 Å². The van der Waals surface area contributed by atoms with E-state index in [1.54, 1.807) is 24.3 Å². The summed E-state index contributed by atoms with van der Waals surface area (Å²) in [4.78, 5) is 12.5. The van der Waals surface area contributed by atoms with Gasteiger partial charge in [-0.2, -0.15) is 0 Å². The zero-order valence-corrected chi connectivity index (χ0v) is 12.0. The highest BCUT2D eigenvalue weighted by molar-refractivity contribution is 5.97. The fourth-order valence-corrected chi connectivity index (χ4v) is 3.03. The van der Waals surface area contributed by atoms with E-state index in [-0.39, 0.29) is 18.1 Å². The number of hydrogen-bond acceptors (Lipinski definition) is 3. The normalized spacial score (nSPS) is 13.1. The number of nitrogens with zero attached hydrogens (tertiary/aromatic N) is 2. The van der Waals surface area contributed by atoms with E-state index in [9.17, 15) is 9.90 Å². The molecule has 0 saturated carbocycles. The lowest BCUT2D eigenvalue weighted by atomic mass is 10.1. The van der Waals surface area contributed by atoms with Crippen molar-refractivity contribution in [1.82, 2.24) is 4.57 Å². The monoisotopic (exact) mass is 294 g/mol. The first kappa shape index (κ1) is 12.9. The predicted octanol–water partition coefficient (Wildman–Crippen LogP) is 1.94. The van der Waals surface area contributed by atoms with Crippen LogP contribution in [0.25, 0.3) is 11.0 Å². The van der Waals surface area contributed by atoms with Crippen molar-refractivity contribution >= 4 is 22.8 Å². The second-order valence-corrected chi connectivity index (χ2v) is 5.45. The summed E-state index contributed by atoms with van der Waals surface area (Å²) >= 11 is 0. The number of nitrogens with one attached hydrogen (secondary N) is 1. The number of aromatic hydroxyl groups is 1. The first-order chi connectivity index (χ1) is 10.7. The zero-order chi connectivity index (χ0) is 15.1. The highest BCUT2D eigenvalue weighted by Crippen LogP contribution is 2.21. The number of ketones is 1. The van der Waals surface area contributed by atoms with Gasteiger partial charge in [0.05, 0.1) is 6.54 Å². The molecule has 5 nitrogen and oxygen atoms in total. The number of Topliss-reactive ketones (excluding diaryl/α,β-unsaturated/α-hetero) is 1. The summed E-state index contributed by atoms with van der Waals surface area (Å²) in [7, 11) is 0. The highest BCUT2D eigenvalue weighted by atomic mass is 16.3. The molecule has 1 aliphatic heterocycles. The van der Waals surface area contributed by atoms with Gasteiger partial charge in [0.15, 0.2) is 5.78 Å². The van der Waals surface area contributed by atoms with E-state index in [0.29, 0.717) is 5.56 Å². The third-order valence-electron chi connectivity index (χ3n) is 4.08. The summed E-state index contributed by atoms with van der Waals surface area (Å²) in [5.41, 5.74) is 2.80. The van der Waals surface area contributed by atoms with Gasteiger partial charge in [0.25, 0.3) is 0 Å². The van der Waals surface area contributed by atoms with Crippen LogP contribution in [0.1, 0.15) is 10.4 Å². The fourth-order valence-electron chi connectivity index (χ4n) is 3.03. The van der Waals surface area contributed by atoms with Crippen LogP contribution in [0.15, 0.2) is 48.5 Å². The maximum atomic E-state index is 12.5. The molecule has 0 spiro atoms. The van der Waals surface area contributed by atoms with Crippen LogP contribution in [0.3, 0.4) is 0 Å². The molecule has 1 aliphatic rings. The number of imidazole rings is 1. The Bertz CT molecular complexity index is 865. The molecule has 0 saturated heterocycles. The molecule has 0 fully saturated rings. The van der Waals surface area contributed by atoms with Gasteiger partial charge in [-0.25, -0.2) is 9.13 Å². The zero-order valence-electron chi connectivity index (χ0n) is 12.0. The van der Waals surface area contributed by atoms with Crippen molar-refractivity contribution in [2.24, 2.45) is 0 Å². The SMILES string of the molecule is O=C(Cn1c2[n+](c3ccccc31)CCN2)c1ccc(O)cc1. The van der Waals surface area contributed by atoms with Crippen LogP contribution >= 0.6 is 0 Å². The third-order valence-corrected chi connectivity index (χ3v) is 4.08. The third kappa shape index (κ3) is 1.94. The molecule has 4 rings (SSSR count). The first-order valence-electron chi connectivity index (χ1n) is 7.31. The van der Waals surface area contributed by atoms with E-state index >= 15 is 0 Å². The van der Waals surface area contributed by atoms with Crippen molar-refractivity contribution < 1.29 is 14.5 Å². The smallest absolute Gasteiger partial charge is 0.359 e.